The summed E-state index contributed by atoms with van der Waals surface area (Å²) < 4.78 is 43.2. The molecular formula is C45H54N2O4S. The molecule has 0 saturated heterocycles. The van der Waals surface area contributed by atoms with Crippen molar-refractivity contribution >= 4 is 32.8 Å². The molecule has 6 nitrogen and oxygen atoms in total. The van der Waals surface area contributed by atoms with Gasteiger partial charge in [-0.25, -0.2) is 0 Å². The average Bonchev–Trinajstić information content (AvgIpc) is 3.07. The quantitative estimate of drug-likeness (QED) is 0.215. The molecule has 7 heteroatoms. The topological polar surface area (TPSA) is 88.0 Å². The summed E-state index contributed by atoms with van der Waals surface area (Å²) in [5.74, 6) is 2.68. The van der Waals surface area contributed by atoms with Crippen LogP contribution in [0.5, 0.6) is 0 Å². The van der Waals surface area contributed by atoms with Crippen LogP contribution in [0, 0.1) is 11.3 Å². The molecule has 2 atom stereocenters. The lowest BCUT2D eigenvalue weighted by molar-refractivity contribution is 0.215. The van der Waals surface area contributed by atoms with Gasteiger partial charge in [0.2, 0.25) is 0 Å². The minimum absolute atomic E-state index is 0.0305. The first-order valence-electron chi connectivity index (χ1n) is 18.7. The van der Waals surface area contributed by atoms with Gasteiger partial charge in [0.05, 0.1) is 11.1 Å². The highest BCUT2D eigenvalue weighted by atomic mass is 32.2. The van der Waals surface area contributed by atoms with Crippen molar-refractivity contribution < 1.29 is 17.7 Å². The molecule has 0 radical (unpaired) electrons. The number of anilines is 1. The standard InChI is InChI=1S/C45H54N2O4S/c1-26(2)32-16-13-17-33(27(3)4)43(32)46-31-21-22-45(10)41(24-31)51-39-25-38(47-44-34(28(5)6)18-14-19-35(44)29(7)8)30(9)23-37(39)42(45)36-15-11-12-20-40(36)52(48,49)50/h11-21,24-30,46H,22-23H2,1-10H3,(H,48,49,50). The molecule has 0 fully saturated rings. The molecule has 2 N–H and O–H groups in total. The molecule has 2 aliphatic carbocycles. The SMILES string of the molecule is CC1CC2=C(c3ccccc3S(=O)(=O)O)C3(C)CC=C(Nc4c(C(C)C)cccc4C(C)C)C=C3OC2=CC1=Nc1c(C(C)C)cccc1C(C)C. The summed E-state index contributed by atoms with van der Waals surface area (Å²) in [6.07, 6.45) is 7.49. The number of hydrogen-bond acceptors (Lipinski definition) is 5. The lowest BCUT2D eigenvalue weighted by Gasteiger charge is -2.44. The zero-order valence-corrected chi connectivity index (χ0v) is 33.2. The van der Waals surface area contributed by atoms with Crippen molar-refractivity contribution in [2.45, 2.75) is 111 Å². The third-order valence-electron chi connectivity index (χ3n) is 10.9. The maximum Gasteiger partial charge on any atom is 0.295 e. The Morgan fingerprint density at radius 2 is 1.37 bits per heavy atom. The third kappa shape index (κ3) is 6.97. The Hall–Kier alpha value is -4.20. The van der Waals surface area contributed by atoms with E-state index in [-0.39, 0.29) is 10.8 Å². The second kappa shape index (κ2) is 14.3. The predicted molar refractivity (Wildman–Crippen MR) is 215 cm³/mol. The van der Waals surface area contributed by atoms with E-state index in [0.29, 0.717) is 47.8 Å². The van der Waals surface area contributed by atoms with Gasteiger partial charge in [0.15, 0.2) is 0 Å². The number of nitrogens with one attached hydrogen (secondary N) is 1. The van der Waals surface area contributed by atoms with Gasteiger partial charge in [0, 0.05) is 46.3 Å². The van der Waals surface area contributed by atoms with Crippen LogP contribution in [0.1, 0.15) is 134 Å². The van der Waals surface area contributed by atoms with Crippen molar-refractivity contribution in [1.29, 1.82) is 0 Å². The maximum atomic E-state index is 12.9. The van der Waals surface area contributed by atoms with Crippen LogP contribution in [-0.4, -0.2) is 18.7 Å². The van der Waals surface area contributed by atoms with Gasteiger partial charge in [0.1, 0.15) is 16.4 Å². The van der Waals surface area contributed by atoms with Crippen molar-refractivity contribution in [3.05, 3.63) is 129 Å². The number of aliphatic imine (C=N–C) groups is 1. The summed E-state index contributed by atoms with van der Waals surface area (Å²) in [5.41, 5.74) is 10.5. The molecule has 1 aliphatic heterocycles. The summed E-state index contributed by atoms with van der Waals surface area (Å²) in [6, 6.07) is 19.8. The van der Waals surface area contributed by atoms with Gasteiger partial charge >= 0.3 is 0 Å². The number of hydrogen-bond donors (Lipinski definition) is 2. The molecule has 0 amide bonds. The van der Waals surface area contributed by atoms with Gasteiger partial charge in [0.25, 0.3) is 10.1 Å². The molecule has 274 valence electrons. The smallest absolute Gasteiger partial charge is 0.295 e. The van der Waals surface area contributed by atoms with Crippen LogP contribution < -0.4 is 5.32 Å². The van der Waals surface area contributed by atoms with E-state index in [1.165, 1.54) is 28.3 Å². The second-order valence-corrected chi connectivity index (χ2v) is 17.5. The summed E-state index contributed by atoms with van der Waals surface area (Å²) in [7, 11) is -4.52. The van der Waals surface area contributed by atoms with Crippen LogP contribution in [0.2, 0.25) is 0 Å². The van der Waals surface area contributed by atoms with Gasteiger partial charge in [-0.05, 0) is 77.3 Å². The van der Waals surface area contributed by atoms with Crippen molar-refractivity contribution in [2.75, 3.05) is 5.32 Å². The van der Waals surface area contributed by atoms with E-state index in [9.17, 15) is 13.0 Å². The highest BCUT2D eigenvalue weighted by Crippen LogP contribution is 2.57. The molecule has 2 unspecified atom stereocenters. The largest absolute Gasteiger partial charge is 0.460 e. The summed E-state index contributed by atoms with van der Waals surface area (Å²) in [4.78, 5) is 5.29. The zero-order valence-electron chi connectivity index (χ0n) is 32.3. The van der Waals surface area contributed by atoms with Gasteiger partial charge in [-0.1, -0.05) is 123 Å². The molecular weight excluding hydrogens is 665 g/mol. The minimum atomic E-state index is -4.52. The zero-order chi connectivity index (χ0) is 37.7. The first kappa shape index (κ1) is 37.6. The molecule has 1 heterocycles. The number of rotatable bonds is 9. The fourth-order valence-electron chi connectivity index (χ4n) is 7.98. The normalized spacial score (nSPS) is 21.2. The van der Waals surface area contributed by atoms with Crippen LogP contribution >= 0.6 is 0 Å². The Labute approximate surface area is 311 Å². The summed E-state index contributed by atoms with van der Waals surface area (Å²) in [5, 5.41) is 3.78. The van der Waals surface area contributed by atoms with Crippen molar-refractivity contribution in [2.24, 2.45) is 16.3 Å². The van der Waals surface area contributed by atoms with Crippen LogP contribution in [0.15, 0.2) is 112 Å². The van der Waals surface area contributed by atoms with E-state index >= 15 is 0 Å². The third-order valence-corrected chi connectivity index (χ3v) is 11.8. The lowest BCUT2D eigenvalue weighted by atomic mass is 9.66. The number of allylic oxidation sites excluding steroid dienone is 5. The predicted octanol–water partition coefficient (Wildman–Crippen LogP) is 12.2. The Kier molecular flexibility index (Phi) is 10.3. The molecule has 3 aromatic rings. The number of ether oxygens (including phenoxy) is 1. The molecule has 52 heavy (non-hydrogen) atoms. The minimum Gasteiger partial charge on any atom is -0.460 e. The Bertz CT molecular complexity index is 2110. The van der Waals surface area contributed by atoms with Gasteiger partial charge in [-0.3, -0.25) is 9.55 Å². The van der Waals surface area contributed by atoms with E-state index in [2.05, 4.69) is 129 Å². The van der Waals surface area contributed by atoms with Crippen LogP contribution in [0.4, 0.5) is 11.4 Å². The van der Waals surface area contributed by atoms with E-state index in [1.54, 1.807) is 6.07 Å². The molecule has 0 spiro atoms. The lowest BCUT2D eigenvalue weighted by Crippen LogP contribution is -2.34. The Morgan fingerprint density at radius 1 is 0.808 bits per heavy atom. The van der Waals surface area contributed by atoms with Crippen LogP contribution in [0.3, 0.4) is 0 Å². The van der Waals surface area contributed by atoms with Crippen LogP contribution in [-0.2, 0) is 14.9 Å². The summed E-state index contributed by atoms with van der Waals surface area (Å²) in [6.45, 7) is 22.0. The van der Waals surface area contributed by atoms with Crippen molar-refractivity contribution in [3.8, 4) is 0 Å². The molecule has 0 aromatic heterocycles. The number of benzene rings is 3. The summed E-state index contributed by atoms with van der Waals surface area (Å²) >= 11 is 0. The average molecular weight is 719 g/mol. The van der Waals surface area contributed by atoms with E-state index < -0.39 is 15.5 Å². The fraction of sp³-hybridized carbons (Fsp3) is 0.400. The van der Waals surface area contributed by atoms with Crippen LogP contribution in [0.25, 0.3) is 5.57 Å². The van der Waals surface area contributed by atoms with E-state index in [1.807, 2.05) is 12.1 Å². The first-order chi connectivity index (χ1) is 24.5. The van der Waals surface area contributed by atoms with Gasteiger partial charge in [-0.2, -0.15) is 8.42 Å². The second-order valence-electron chi connectivity index (χ2n) is 16.1. The van der Waals surface area contributed by atoms with E-state index in [0.717, 1.165) is 39.7 Å². The highest BCUT2D eigenvalue weighted by molar-refractivity contribution is 7.86. The Balaban J connectivity index is 1.55. The van der Waals surface area contributed by atoms with Gasteiger partial charge in [-0.15, -0.1) is 0 Å². The monoisotopic (exact) mass is 718 g/mol. The molecule has 6 rings (SSSR count). The van der Waals surface area contributed by atoms with Crippen molar-refractivity contribution in [3.63, 3.8) is 0 Å². The maximum absolute atomic E-state index is 12.9. The Morgan fingerprint density at radius 3 is 1.92 bits per heavy atom. The van der Waals surface area contributed by atoms with Crippen molar-refractivity contribution in [1.82, 2.24) is 0 Å². The highest BCUT2D eigenvalue weighted by Gasteiger charge is 2.46. The first-order valence-corrected chi connectivity index (χ1v) is 20.2. The molecule has 0 bridgehead atoms. The number of nitrogens with zero attached hydrogens (tertiary/aromatic N) is 1. The van der Waals surface area contributed by atoms with Gasteiger partial charge < -0.3 is 10.1 Å². The molecule has 0 saturated carbocycles. The number of para-hydroxylation sites is 2. The molecule has 3 aliphatic rings. The number of fused-ring (bicyclic) bond motifs is 2. The van der Waals surface area contributed by atoms with E-state index in [4.69, 9.17) is 9.73 Å². The molecule has 3 aromatic carbocycles. The fourth-order valence-corrected chi connectivity index (χ4v) is 8.68.